The Kier molecular flexibility index (Phi) is 4.46. The average Bonchev–Trinajstić information content (AvgIpc) is 3.14. The number of nitrogens with one attached hydrogen (secondary N) is 1. The number of hydrogen-bond acceptors (Lipinski definition) is 2. The molecule has 1 saturated heterocycles. The number of carbonyl (C=O) groups excluding carboxylic acids is 1. The quantitative estimate of drug-likeness (QED) is 0.903. The van der Waals surface area contributed by atoms with E-state index in [-0.39, 0.29) is 12.1 Å². The van der Waals surface area contributed by atoms with Crippen LogP contribution in [0.2, 0.25) is 0 Å². The molecular formula is C18H23N3O3. The molecule has 2 atom stereocenters. The van der Waals surface area contributed by atoms with E-state index >= 15 is 0 Å². The van der Waals surface area contributed by atoms with Gasteiger partial charge in [-0.3, -0.25) is 4.79 Å². The Morgan fingerprint density at radius 3 is 2.83 bits per heavy atom. The highest BCUT2D eigenvalue weighted by molar-refractivity contribution is 5.84. The van der Waals surface area contributed by atoms with Crippen LogP contribution in [0.15, 0.2) is 30.5 Å². The molecule has 2 unspecified atom stereocenters. The third kappa shape index (κ3) is 3.22. The molecule has 1 aromatic heterocycles. The van der Waals surface area contributed by atoms with Crippen molar-refractivity contribution in [1.82, 2.24) is 14.8 Å². The summed E-state index contributed by atoms with van der Waals surface area (Å²) in [6, 6.07) is 8.02. The van der Waals surface area contributed by atoms with E-state index < -0.39 is 11.9 Å². The Hall–Kier alpha value is -2.50. The van der Waals surface area contributed by atoms with Crippen molar-refractivity contribution in [2.45, 2.75) is 25.8 Å². The molecule has 6 heteroatoms. The van der Waals surface area contributed by atoms with Crippen molar-refractivity contribution in [2.75, 3.05) is 13.1 Å². The van der Waals surface area contributed by atoms with E-state index in [0.29, 0.717) is 19.5 Å². The molecular weight excluding hydrogens is 306 g/mol. The summed E-state index contributed by atoms with van der Waals surface area (Å²) >= 11 is 0. The number of likely N-dealkylation sites (tertiary alicyclic amines) is 1. The van der Waals surface area contributed by atoms with E-state index in [0.717, 1.165) is 6.42 Å². The van der Waals surface area contributed by atoms with Crippen LogP contribution in [0.1, 0.15) is 18.9 Å². The van der Waals surface area contributed by atoms with Crippen LogP contribution in [0.25, 0.3) is 10.9 Å². The lowest BCUT2D eigenvalue weighted by Crippen LogP contribution is -2.43. The Balaban J connectivity index is 1.62. The first-order valence-corrected chi connectivity index (χ1v) is 8.27. The number of carboxylic acid groups (broad SMARTS) is 1. The number of aromatic nitrogens is 1. The van der Waals surface area contributed by atoms with E-state index in [1.807, 2.05) is 26.1 Å². The molecule has 2 aromatic rings. The number of para-hydroxylation sites is 1. The predicted octanol–water partition coefficient (Wildman–Crippen LogP) is 2.23. The first-order chi connectivity index (χ1) is 11.5. The first kappa shape index (κ1) is 16.4. The van der Waals surface area contributed by atoms with Crippen LogP contribution >= 0.6 is 0 Å². The predicted molar refractivity (Wildman–Crippen MR) is 91.9 cm³/mol. The number of carboxylic acids is 1. The van der Waals surface area contributed by atoms with Gasteiger partial charge >= 0.3 is 12.0 Å². The summed E-state index contributed by atoms with van der Waals surface area (Å²) in [5.41, 5.74) is 2.38. The monoisotopic (exact) mass is 329 g/mol. The first-order valence-electron chi connectivity index (χ1n) is 8.27. The number of hydrogen-bond donors (Lipinski definition) is 2. The minimum Gasteiger partial charge on any atom is -0.481 e. The van der Waals surface area contributed by atoms with Crippen molar-refractivity contribution in [3.05, 3.63) is 36.0 Å². The topological polar surface area (TPSA) is 74.6 Å². The Morgan fingerprint density at radius 2 is 2.12 bits per heavy atom. The lowest BCUT2D eigenvalue weighted by Gasteiger charge is -2.20. The van der Waals surface area contributed by atoms with Gasteiger partial charge < -0.3 is 19.9 Å². The van der Waals surface area contributed by atoms with Crippen molar-refractivity contribution in [2.24, 2.45) is 13.0 Å². The summed E-state index contributed by atoms with van der Waals surface area (Å²) in [6.07, 6.45) is 3.37. The minimum absolute atomic E-state index is 0.0211. The van der Waals surface area contributed by atoms with Crippen molar-refractivity contribution in [1.29, 1.82) is 0 Å². The molecule has 1 aromatic carbocycles. The van der Waals surface area contributed by atoms with Gasteiger partial charge in [0.25, 0.3) is 0 Å². The summed E-state index contributed by atoms with van der Waals surface area (Å²) in [6.45, 7) is 2.77. The van der Waals surface area contributed by atoms with Crippen LogP contribution in [0.4, 0.5) is 4.79 Å². The van der Waals surface area contributed by atoms with Crippen LogP contribution in [-0.4, -0.2) is 45.7 Å². The van der Waals surface area contributed by atoms with Gasteiger partial charge in [0.2, 0.25) is 0 Å². The van der Waals surface area contributed by atoms with Gasteiger partial charge in [0, 0.05) is 43.3 Å². The maximum atomic E-state index is 12.3. The largest absolute Gasteiger partial charge is 0.481 e. The van der Waals surface area contributed by atoms with Gasteiger partial charge in [0.15, 0.2) is 0 Å². The highest BCUT2D eigenvalue weighted by Crippen LogP contribution is 2.22. The molecule has 2 N–H and O–H groups in total. The van der Waals surface area contributed by atoms with Crippen LogP contribution in [0.5, 0.6) is 0 Å². The maximum Gasteiger partial charge on any atom is 0.317 e. The SMILES string of the molecule is CC(Cc1cn(C)c2ccccc12)NC(=O)N1CCC(C(=O)O)C1. The molecule has 1 fully saturated rings. The molecule has 6 nitrogen and oxygen atoms in total. The third-order valence-corrected chi connectivity index (χ3v) is 4.70. The molecule has 3 rings (SSSR count). The van der Waals surface area contributed by atoms with Gasteiger partial charge in [-0.15, -0.1) is 0 Å². The average molecular weight is 329 g/mol. The molecule has 0 aliphatic carbocycles. The fourth-order valence-electron chi connectivity index (χ4n) is 3.42. The number of amides is 2. The number of nitrogens with zero attached hydrogens (tertiary/aromatic N) is 2. The molecule has 2 amide bonds. The standard InChI is InChI=1S/C18H23N3O3/c1-12(19-18(24)21-8-7-13(11-21)17(22)23)9-14-10-20(2)16-6-4-3-5-15(14)16/h3-6,10,12-13H,7-9,11H2,1-2H3,(H,19,24)(H,22,23). The lowest BCUT2D eigenvalue weighted by atomic mass is 10.1. The van der Waals surface area contributed by atoms with Gasteiger partial charge in [-0.05, 0) is 31.4 Å². The minimum atomic E-state index is -0.825. The van der Waals surface area contributed by atoms with E-state index in [1.165, 1.54) is 16.5 Å². The van der Waals surface area contributed by atoms with E-state index in [2.05, 4.69) is 28.2 Å². The zero-order valence-corrected chi connectivity index (χ0v) is 14.0. The van der Waals surface area contributed by atoms with Gasteiger partial charge in [0.1, 0.15) is 0 Å². The van der Waals surface area contributed by atoms with E-state index in [9.17, 15) is 9.59 Å². The van der Waals surface area contributed by atoms with E-state index in [4.69, 9.17) is 5.11 Å². The number of rotatable bonds is 4. The van der Waals surface area contributed by atoms with Crippen LogP contribution in [0.3, 0.4) is 0 Å². The second kappa shape index (κ2) is 6.55. The fourth-order valence-corrected chi connectivity index (χ4v) is 3.42. The molecule has 0 spiro atoms. The van der Waals surface area contributed by atoms with Crippen LogP contribution in [0, 0.1) is 5.92 Å². The normalized spacial score (nSPS) is 18.8. The second-order valence-corrected chi connectivity index (χ2v) is 6.61. The number of aliphatic carboxylic acids is 1. The Bertz CT molecular complexity index is 768. The summed E-state index contributed by atoms with van der Waals surface area (Å²) in [4.78, 5) is 24.9. The van der Waals surface area contributed by atoms with Gasteiger partial charge in [-0.1, -0.05) is 18.2 Å². The van der Waals surface area contributed by atoms with Crippen molar-refractivity contribution in [3.63, 3.8) is 0 Å². The summed E-state index contributed by atoms with van der Waals surface area (Å²) in [7, 11) is 2.02. The molecule has 2 heterocycles. The van der Waals surface area contributed by atoms with Crippen molar-refractivity contribution < 1.29 is 14.7 Å². The lowest BCUT2D eigenvalue weighted by molar-refractivity contribution is -0.141. The number of urea groups is 1. The van der Waals surface area contributed by atoms with Gasteiger partial charge in [0.05, 0.1) is 5.92 Å². The van der Waals surface area contributed by atoms with Crippen molar-refractivity contribution >= 4 is 22.9 Å². The summed E-state index contributed by atoms with van der Waals surface area (Å²) in [5.74, 6) is -1.27. The fraction of sp³-hybridized carbons (Fsp3) is 0.444. The van der Waals surface area contributed by atoms with Crippen LogP contribution in [-0.2, 0) is 18.3 Å². The molecule has 1 aliphatic heterocycles. The second-order valence-electron chi connectivity index (χ2n) is 6.61. The summed E-state index contributed by atoms with van der Waals surface area (Å²) < 4.78 is 2.09. The molecule has 24 heavy (non-hydrogen) atoms. The van der Waals surface area contributed by atoms with Gasteiger partial charge in [-0.25, -0.2) is 4.79 Å². The molecule has 128 valence electrons. The number of benzene rings is 1. The Labute approximate surface area is 141 Å². The number of aryl methyl sites for hydroxylation is 1. The highest BCUT2D eigenvalue weighted by Gasteiger charge is 2.31. The highest BCUT2D eigenvalue weighted by atomic mass is 16.4. The summed E-state index contributed by atoms with van der Waals surface area (Å²) in [5, 5.41) is 13.2. The zero-order chi connectivity index (χ0) is 17.3. The third-order valence-electron chi connectivity index (χ3n) is 4.70. The molecule has 0 bridgehead atoms. The van der Waals surface area contributed by atoms with E-state index in [1.54, 1.807) is 4.90 Å². The smallest absolute Gasteiger partial charge is 0.317 e. The maximum absolute atomic E-state index is 12.3. The Morgan fingerprint density at radius 1 is 1.38 bits per heavy atom. The van der Waals surface area contributed by atoms with Crippen LogP contribution < -0.4 is 5.32 Å². The van der Waals surface area contributed by atoms with Crippen molar-refractivity contribution in [3.8, 4) is 0 Å². The molecule has 0 radical (unpaired) electrons. The zero-order valence-electron chi connectivity index (χ0n) is 14.0. The van der Waals surface area contributed by atoms with Gasteiger partial charge in [-0.2, -0.15) is 0 Å². The molecule has 1 aliphatic rings. The number of carbonyl (C=O) groups is 2. The number of fused-ring (bicyclic) bond motifs is 1. The molecule has 0 saturated carbocycles.